The van der Waals surface area contributed by atoms with Gasteiger partial charge < -0.3 is 15.2 Å². The highest BCUT2D eigenvalue weighted by molar-refractivity contribution is 5.42. The van der Waals surface area contributed by atoms with Crippen molar-refractivity contribution in [3.8, 4) is 11.5 Å². The summed E-state index contributed by atoms with van der Waals surface area (Å²) >= 11 is 0. The average Bonchev–Trinajstić information content (AvgIpc) is 2.27. The maximum Gasteiger partial charge on any atom is 0.392 e. The number of hydrogen-bond acceptors (Lipinski definition) is 3. The maximum absolute atomic E-state index is 12.0. The predicted octanol–water partition coefficient (Wildman–Crippen LogP) is 2.49. The van der Waals surface area contributed by atoms with Crippen LogP contribution in [0.1, 0.15) is 12.0 Å². The molecule has 0 amide bonds. The first-order chi connectivity index (χ1) is 7.96. The molecule has 0 spiro atoms. The van der Waals surface area contributed by atoms with Crippen LogP contribution < -0.4 is 15.2 Å². The van der Waals surface area contributed by atoms with Gasteiger partial charge in [-0.05, 0) is 17.7 Å². The predicted molar refractivity (Wildman–Crippen MR) is 57.1 cm³/mol. The monoisotopic (exact) mass is 249 g/mol. The van der Waals surface area contributed by atoms with E-state index >= 15 is 0 Å². The molecule has 1 rings (SSSR count). The molecule has 0 saturated carbocycles. The highest BCUT2D eigenvalue weighted by Gasteiger charge is 2.27. The Labute approximate surface area is 97.3 Å². The quantitative estimate of drug-likeness (QED) is 0.871. The standard InChI is InChI=1S/C11H14F3NO2/c1-16-9-3-2-8(7-15)6-10(9)17-5-4-11(12,13)14/h2-3,6H,4-5,7,15H2,1H3. The van der Waals surface area contributed by atoms with Crippen LogP contribution in [0.5, 0.6) is 11.5 Å². The molecule has 3 nitrogen and oxygen atoms in total. The Kier molecular flexibility index (Phi) is 4.62. The fraction of sp³-hybridized carbons (Fsp3) is 0.455. The van der Waals surface area contributed by atoms with Gasteiger partial charge in [-0.3, -0.25) is 0 Å². The third kappa shape index (κ3) is 4.52. The average molecular weight is 249 g/mol. The lowest BCUT2D eigenvalue weighted by atomic mass is 10.2. The number of ether oxygens (including phenoxy) is 2. The van der Waals surface area contributed by atoms with Gasteiger partial charge in [0, 0.05) is 6.54 Å². The van der Waals surface area contributed by atoms with Crippen LogP contribution in [-0.2, 0) is 6.54 Å². The van der Waals surface area contributed by atoms with E-state index in [2.05, 4.69) is 0 Å². The molecule has 0 unspecified atom stereocenters. The maximum atomic E-state index is 12.0. The van der Waals surface area contributed by atoms with Gasteiger partial charge in [0.05, 0.1) is 20.1 Å². The van der Waals surface area contributed by atoms with Crippen LogP contribution in [0, 0.1) is 0 Å². The molecule has 0 heterocycles. The number of nitrogens with two attached hydrogens (primary N) is 1. The van der Waals surface area contributed by atoms with Crippen LogP contribution in [0.3, 0.4) is 0 Å². The van der Waals surface area contributed by atoms with Crippen LogP contribution in [-0.4, -0.2) is 19.9 Å². The second-order valence-corrected chi connectivity index (χ2v) is 3.40. The van der Waals surface area contributed by atoms with Crippen molar-refractivity contribution < 1.29 is 22.6 Å². The van der Waals surface area contributed by atoms with Gasteiger partial charge in [-0.2, -0.15) is 13.2 Å². The highest BCUT2D eigenvalue weighted by Crippen LogP contribution is 2.29. The number of benzene rings is 1. The molecule has 0 radical (unpaired) electrons. The first kappa shape index (κ1) is 13.6. The van der Waals surface area contributed by atoms with Crippen molar-refractivity contribution in [3.05, 3.63) is 23.8 Å². The first-order valence-corrected chi connectivity index (χ1v) is 5.03. The van der Waals surface area contributed by atoms with E-state index in [9.17, 15) is 13.2 Å². The van der Waals surface area contributed by atoms with Crippen LogP contribution in [0.15, 0.2) is 18.2 Å². The summed E-state index contributed by atoms with van der Waals surface area (Å²) in [6.45, 7) is -0.145. The highest BCUT2D eigenvalue weighted by atomic mass is 19.4. The SMILES string of the molecule is COc1ccc(CN)cc1OCCC(F)(F)F. The molecular formula is C11H14F3NO2. The fourth-order valence-corrected chi connectivity index (χ4v) is 1.24. The molecular weight excluding hydrogens is 235 g/mol. The van der Waals surface area contributed by atoms with Crippen LogP contribution in [0.4, 0.5) is 13.2 Å². The summed E-state index contributed by atoms with van der Waals surface area (Å²) in [6, 6.07) is 4.93. The van der Waals surface area contributed by atoms with E-state index in [1.165, 1.54) is 7.11 Å². The minimum atomic E-state index is -4.22. The topological polar surface area (TPSA) is 44.5 Å². The molecule has 17 heavy (non-hydrogen) atoms. The molecule has 0 aliphatic carbocycles. The molecule has 96 valence electrons. The Balaban J connectivity index is 2.68. The Bertz CT molecular complexity index is 366. The largest absolute Gasteiger partial charge is 0.493 e. The van der Waals surface area contributed by atoms with E-state index in [1.807, 2.05) is 0 Å². The van der Waals surface area contributed by atoms with Crippen molar-refractivity contribution in [2.75, 3.05) is 13.7 Å². The second-order valence-electron chi connectivity index (χ2n) is 3.40. The van der Waals surface area contributed by atoms with Crippen LogP contribution in [0.2, 0.25) is 0 Å². The molecule has 0 atom stereocenters. The van der Waals surface area contributed by atoms with Crippen molar-refractivity contribution in [2.45, 2.75) is 19.1 Å². The third-order valence-corrected chi connectivity index (χ3v) is 2.11. The van der Waals surface area contributed by atoms with E-state index in [0.717, 1.165) is 5.56 Å². The van der Waals surface area contributed by atoms with Crippen molar-refractivity contribution in [1.29, 1.82) is 0 Å². The fourth-order valence-electron chi connectivity index (χ4n) is 1.24. The van der Waals surface area contributed by atoms with Gasteiger partial charge in [-0.15, -0.1) is 0 Å². The second kappa shape index (κ2) is 5.77. The summed E-state index contributed by atoms with van der Waals surface area (Å²) in [4.78, 5) is 0. The Hall–Kier alpha value is -1.43. The van der Waals surface area contributed by atoms with E-state index < -0.39 is 19.2 Å². The van der Waals surface area contributed by atoms with Gasteiger partial charge >= 0.3 is 6.18 Å². The third-order valence-electron chi connectivity index (χ3n) is 2.11. The smallest absolute Gasteiger partial charge is 0.392 e. The zero-order valence-corrected chi connectivity index (χ0v) is 9.38. The minimum Gasteiger partial charge on any atom is -0.493 e. The van der Waals surface area contributed by atoms with Crippen molar-refractivity contribution in [2.24, 2.45) is 5.73 Å². The van der Waals surface area contributed by atoms with Crippen molar-refractivity contribution >= 4 is 0 Å². The molecule has 1 aromatic carbocycles. The van der Waals surface area contributed by atoms with E-state index in [1.54, 1.807) is 18.2 Å². The summed E-state index contributed by atoms with van der Waals surface area (Å²) in [5.41, 5.74) is 6.20. The molecule has 0 aromatic heterocycles. The number of alkyl halides is 3. The summed E-state index contributed by atoms with van der Waals surface area (Å²) in [6.07, 6.45) is -5.22. The van der Waals surface area contributed by atoms with Crippen LogP contribution in [0.25, 0.3) is 0 Å². The Morgan fingerprint density at radius 2 is 1.94 bits per heavy atom. The molecule has 6 heteroatoms. The van der Waals surface area contributed by atoms with Gasteiger partial charge in [-0.1, -0.05) is 6.07 Å². The minimum absolute atomic E-state index is 0.278. The van der Waals surface area contributed by atoms with Gasteiger partial charge in [0.2, 0.25) is 0 Å². The van der Waals surface area contributed by atoms with Gasteiger partial charge in [0.15, 0.2) is 11.5 Å². The van der Waals surface area contributed by atoms with Crippen molar-refractivity contribution in [1.82, 2.24) is 0 Å². The lowest BCUT2D eigenvalue weighted by Gasteiger charge is -2.12. The van der Waals surface area contributed by atoms with Gasteiger partial charge in [-0.25, -0.2) is 0 Å². The van der Waals surface area contributed by atoms with E-state index in [4.69, 9.17) is 15.2 Å². The first-order valence-electron chi connectivity index (χ1n) is 5.03. The van der Waals surface area contributed by atoms with Crippen LogP contribution >= 0.6 is 0 Å². The normalized spacial score (nSPS) is 11.4. The van der Waals surface area contributed by atoms with E-state index in [-0.39, 0.29) is 5.75 Å². The van der Waals surface area contributed by atoms with Gasteiger partial charge in [0.25, 0.3) is 0 Å². The zero-order chi connectivity index (χ0) is 12.9. The lowest BCUT2D eigenvalue weighted by molar-refractivity contribution is -0.139. The lowest BCUT2D eigenvalue weighted by Crippen LogP contribution is -2.13. The zero-order valence-electron chi connectivity index (χ0n) is 9.38. The molecule has 0 aliphatic heterocycles. The molecule has 1 aromatic rings. The molecule has 0 saturated heterocycles. The molecule has 0 bridgehead atoms. The number of halogens is 3. The number of hydrogen-bond donors (Lipinski definition) is 1. The summed E-state index contributed by atoms with van der Waals surface area (Å²) in [7, 11) is 1.42. The summed E-state index contributed by atoms with van der Waals surface area (Å²) < 4.78 is 45.9. The number of methoxy groups -OCH3 is 1. The van der Waals surface area contributed by atoms with E-state index in [0.29, 0.717) is 12.3 Å². The summed E-state index contributed by atoms with van der Waals surface area (Å²) in [5.74, 6) is 0.670. The molecule has 0 aliphatic rings. The Morgan fingerprint density at radius 3 is 2.47 bits per heavy atom. The Morgan fingerprint density at radius 1 is 1.24 bits per heavy atom. The number of rotatable bonds is 5. The van der Waals surface area contributed by atoms with Crippen molar-refractivity contribution in [3.63, 3.8) is 0 Å². The molecule has 0 fully saturated rings. The van der Waals surface area contributed by atoms with Gasteiger partial charge in [0.1, 0.15) is 0 Å². The summed E-state index contributed by atoms with van der Waals surface area (Å²) in [5, 5.41) is 0. The molecule has 2 N–H and O–H groups in total.